The second-order valence-electron chi connectivity index (χ2n) is 4.20. The molecular formula is C15H17ClN2. The van der Waals surface area contributed by atoms with Crippen LogP contribution in [-0.4, -0.2) is 11.5 Å². The van der Waals surface area contributed by atoms with Crippen molar-refractivity contribution in [2.75, 3.05) is 6.54 Å². The summed E-state index contributed by atoms with van der Waals surface area (Å²) < 4.78 is 0. The van der Waals surface area contributed by atoms with E-state index in [0.29, 0.717) is 0 Å². The SMILES string of the molecule is CCNCc1ccc(Cc2ccccn2)cc1Cl. The maximum atomic E-state index is 6.27. The summed E-state index contributed by atoms with van der Waals surface area (Å²) in [5, 5.41) is 4.10. The monoisotopic (exact) mass is 260 g/mol. The van der Waals surface area contributed by atoms with Crippen LogP contribution in [0.25, 0.3) is 0 Å². The van der Waals surface area contributed by atoms with Crippen LogP contribution in [0.15, 0.2) is 42.6 Å². The van der Waals surface area contributed by atoms with E-state index in [1.54, 1.807) is 0 Å². The molecule has 0 amide bonds. The third kappa shape index (κ3) is 3.56. The van der Waals surface area contributed by atoms with Crippen molar-refractivity contribution in [3.05, 3.63) is 64.4 Å². The lowest BCUT2D eigenvalue weighted by Crippen LogP contribution is -2.12. The molecule has 0 aliphatic heterocycles. The predicted octanol–water partition coefficient (Wildman–Crippen LogP) is 3.44. The van der Waals surface area contributed by atoms with Gasteiger partial charge >= 0.3 is 0 Å². The molecule has 2 nitrogen and oxygen atoms in total. The number of pyridine rings is 1. The number of rotatable bonds is 5. The zero-order chi connectivity index (χ0) is 12.8. The minimum atomic E-state index is 0.819. The number of aromatic nitrogens is 1. The Labute approximate surface area is 113 Å². The Bertz CT molecular complexity index is 497. The molecule has 0 aliphatic carbocycles. The molecule has 94 valence electrons. The van der Waals surface area contributed by atoms with Gasteiger partial charge in [0.2, 0.25) is 0 Å². The van der Waals surface area contributed by atoms with Crippen LogP contribution in [0.5, 0.6) is 0 Å². The van der Waals surface area contributed by atoms with Crippen LogP contribution in [0.1, 0.15) is 23.7 Å². The van der Waals surface area contributed by atoms with E-state index >= 15 is 0 Å². The van der Waals surface area contributed by atoms with Gasteiger partial charge in [0.05, 0.1) is 0 Å². The molecule has 18 heavy (non-hydrogen) atoms. The Balaban J connectivity index is 2.09. The number of hydrogen-bond donors (Lipinski definition) is 1. The van der Waals surface area contributed by atoms with Gasteiger partial charge in [-0.05, 0) is 35.9 Å². The predicted molar refractivity (Wildman–Crippen MR) is 75.9 cm³/mol. The summed E-state index contributed by atoms with van der Waals surface area (Å²) in [4.78, 5) is 4.32. The minimum Gasteiger partial charge on any atom is -0.313 e. The average Bonchev–Trinajstić information content (AvgIpc) is 2.39. The molecule has 0 fully saturated rings. The van der Waals surface area contributed by atoms with Crippen LogP contribution in [0.4, 0.5) is 0 Å². The summed E-state index contributed by atoms with van der Waals surface area (Å²) in [5.41, 5.74) is 3.40. The first-order chi connectivity index (χ1) is 8.79. The summed E-state index contributed by atoms with van der Waals surface area (Å²) in [6.45, 7) is 3.86. The van der Waals surface area contributed by atoms with Crippen molar-refractivity contribution in [2.24, 2.45) is 0 Å². The molecule has 0 spiro atoms. The summed E-state index contributed by atoms with van der Waals surface area (Å²) >= 11 is 6.27. The minimum absolute atomic E-state index is 0.819. The van der Waals surface area contributed by atoms with Gasteiger partial charge in [0.1, 0.15) is 0 Å². The lowest BCUT2D eigenvalue weighted by molar-refractivity contribution is 0.727. The molecule has 1 aromatic carbocycles. The van der Waals surface area contributed by atoms with E-state index < -0.39 is 0 Å². The number of nitrogens with zero attached hydrogens (tertiary/aromatic N) is 1. The van der Waals surface area contributed by atoms with Crippen molar-refractivity contribution in [3.63, 3.8) is 0 Å². The molecule has 1 heterocycles. The molecule has 2 aromatic rings. The topological polar surface area (TPSA) is 24.9 Å². The number of hydrogen-bond acceptors (Lipinski definition) is 2. The Morgan fingerprint density at radius 2 is 2.11 bits per heavy atom. The van der Waals surface area contributed by atoms with Crippen LogP contribution in [0.2, 0.25) is 5.02 Å². The molecule has 1 N–H and O–H groups in total. The van der Waals surface area contributed by atoms with Gasteiger partial charge in [-0.1, -0.05) is 36.7 Å². The summed E-state index contributed by atoms with van der Waals surface area (Å²) in [5.74, 6) is 0. The van der Waals surface area contributed by atoms with Crippen molar-refractivity contribution in [3.8, 4) is 0 Å². The van der Waals surface area contributed by atoms with Crippen LogP contribution in [0, 0.1) is 0 Å². The van der Waals surface area contributed by atoms with E-state index in [9.17, 15) is 0 Å². The first kappa shape index (κ1) is 13.1. The van der Waals surface area contributed by atoms with Gasteiger partial charge in [0.25, 0.3) is 0 Å². The molecular weight excluding hydrogens is 244 g/mol. The van der Waals surface area contributed by atoms with Crippen molar-refractivity contribution in [2.45, 2.75) is 19.9 Å². The quantitative estimate of drug-likeness (QED) is 0.891. The highest BCUT2D eigenvalue weighted by Crippen LogP contribution is 2.19. The van der Waals surface area contributed by atoms with E-state index in [4.69, 9.17) is 11.6 Å². The molecule has 0 saturated carbocycles. The highest BCUT2D eigenvalue weighted by atomic mass is 35.5. The summed E-state index contributed by atoms with van der Waals surface area (Å²) in [6.07, 6.45) is 2.64. The van der Waals surface area contributed by atoms with Crippen LogP contribution >= 0.6 is 11.6 Å². The van der Waals surface area contributed by atoms with Crippen LogP contribution in [0.3, 0.4) is 0 Å². The zero-order valence-corrected chi connectivity index (χ0v) is 11.2. The molecule has 1 aromatic heterocycles. The Hall–Kier alpha value is -1.38. The van der Waals surface area contributed by atoms with E-state index in [1.807, 2.05) is 30.5 Å². The van der Waals surface area contributed by atoms with E-state index in [1.165, 1.54) is 5.56 Å². The van der Waals surface area contributed by atoms with Gasteiger partial charge in [0, 0.05) is 29.9 Å². The molecule has 0 saturated heterocycles. The Morgan fingerprint density at radius 3 is 2.78 bits per heavy atom. The standard InChI is InChI=1S/C15H17ClN2/c1-2-17-11-13-7-6-12(10-15(13)16)9-14-5-3-4-8-18-14/h3-8,10,17H,2,9,11H2,1H3. The van der Waals surface area contributed by atoms with Gasteiger partial charge in [-0.25, -0.2) is 0 Å². The van der Waals surface area contributed by atoms with Crippen molar-refractivity contribution < 1.29 is 0 Å². The average molecular weight is 261 g/mol. The van der Waals surface area contributed by atoms with Crippen LogP contribution in [-0.2, 0) is 13.0 Å². The maximum absolute atomic E-state index is 6.27. The smallest absolute Gasteiger partial charge is 0.0453 e. The van der Waals surface area contributed by atoms with Crippen molar-refractivity contribution in [1.29, 1.82) is 0 Å². The Morgan fingerprint density at radius 1 is 1.22 bits per heavy atom. The lowest BCUT2D eigenvalue weighted by Gasteiger charge is -2.07. The van der Waals surface area contributed by atoms with Gasteiger partial charge < -0.3 is 5.32 Å². The summed E-state index contributed by atoms with van der Waals surface area (Å²) in [7, 11) is 0. The second-order valence-corrected chi connectivity index (χ2v) is 4.61. The molecule has 0 aliphatic rings. The third-order valence-corrected chi connectivity index (χ3v) is 3.15. The largest absolute Gasteiger partial charge is 0.313 e. The number of benzene rings is 1. The lowest BCUT2D eigenvalue weighted by atomic mass is 10.1. The molecule has 2 rings (SSSR count). The summed E-state index contributed by atoms with van der Waals surface area (Å²) in [6, 6.07) is 12.2. The number of halogens is 1. The molecule has 0 bridgehead atoms. The first-order valence-corrected chi connectivity index (χ1v) is 6.55. The highest BCUT2D eigenvalue weighted by Gasteiger charge is 2.03. The Kier molecular flexibility index (Phi) is 4.73. The molecule has 3 heteroatoms. The normalized spacial score (nSPS) is 10.6. The fraction of sp³-hybridized carbons (Fsp3) is 0.267. The second kappa shape index (κ2) is 6.53. The maximum Gasteiger partial charge on any atom is 0.0453 e. The third-order valence-electron chi connectivity index (χ3n) is 2.79. The first-order valence-electron chi connectivity index (χ1n) is 6.17. The fourth-order valence-electron chi connectivity index (χ4n) is 1.82. The van der Waals surface area contributed by atoms with Gasteiger partial charge in [-0.15, -0.1) is 0 Å². The molecule has 0 unspecified atom stereocenters. The van der Waals surface area contributed by atoms with Crippen LogP contribution < -0.4 is 5.32 Å². The fourth-order valence-corrected chi connectivity index (χ4v) is 2.09. The van der Waals surface area contributed by atoms with Crippen molar-refractivity contribution in [1.82, 2.24) is 10.3 Å². The van der Waals surface area contributed by atoms with E-state index in [2.05, 4.69) is 29.4 Å². The van der Waals surface area contributed by atoms with Gasteiger partial charge in [-0.3, -0.25) is 4.98 Å². The molecule has 0 radical (unpaired) electrons. The van der Waals surface area contributed by atoms with E-state index in [-0.39, 0.29) is 0 Å². The van der Waals surface area contributed by atoms with Crippen molar-refractivity contribution >= 4 is 11.6 Å². The highest BCUT2D eigenvalue weighted by molar-refractivity contribution is 6.31. The van der Waals surface area contributed by atoms with Gasteiger partial charge in [-0.2, -0.15) is 0 Å². The molecule has 0 atom stereocenters. The number of nitrogens with one attached hydrogen (secondary N) is 1. The zero-order valence-electron chi connectivity index (χ0n) is 10.5. The van der Waals surface area contributed by atoms with Gasteiger partial charge in [0.15, 0.2) is 0 Å². The van der Waals surface area contributed by atoms with E-state index in [0.717, 1.165) is 35.8 Å².